The topological polar surface area (TPSA) is 72.9 Å². The maximum absolute atomic E-state index is 12.6. The van der Waals surface area contributed by atoms with Gasteiger partial charge in [-0.3, -0.25) is 19.3 Å². The van der Waals surface area contributed by atoms with Crippen molar-refractivity contribution in [3.05, 3.63) is 48.0 Å². The number of esters is 2. The summed E-state index contributed by atoms with van der Waals surface area (Å²) in [5, 5.41) is 0. The first-order valence-electron chi connectivity index (χ1n) is 9.74. The SMILES string of the molecule is CCOC(=O)C1C/C=C/CC(C(=O)OC)CC(=O)CCN1Cc1ccccc1. The van der Waals surface area contributed by atoms with E-state index in [1.165, 1.54) is 7.11 Å². The first-order chi connectivity index (χ1) is 13.5. The highest BCUT2D eigenvalue weighted by atomic mass is 16.5. The van der Waals surface area contributed by atoms with Crippen molar-refractivity contribution in [2.75, 3.05) is 20.3 Å². The van der Waals surface area contributed by atoms with Gasteiger partial charge in [-0.25, -0.2) is 0 Å². The molecule has 0 saturated carbocycles. The lowest BCUT2D eigenvalue weighted by atomic mass is 9.97. The molecule has 2 atom stereocenters. The number of allylic oxidation sites excluding steroid dienone is 1. The number of carbonyl (C=O) groups is 3. The van der Waals surface area contributed by atoms with Crippen LogP contribution < -0.4 is 0 Å². The number of carbonyl (C=O) groups excluding carboxylic acids is 3. The van der Waals surface area contributed by atoms with Gasteiger partial charge >= 0.3 is 11.9 Å². The minimum absolute atomic E-state index is 0.00799. The lowest BCUT2D eigenvalue weighted by Crippen LogP contribution is -2.42. The first kappa shape index (κ1) is 21.8. The predicted molar refractivity (Wildman–Crippen MR) is 105 cm³/mol. The first-order valence-corrected chi connectivity index (χ1v) is 9.74. The van der Waals surface area contributed by atoms with Gasteiger partial charge in [-0.2, -0.15) is 0 Å². The summed E-state index contributed by atoms with van der Waals surface area (Å²) >= 11 is 0. The molecule has 6 heteroatoms. The fourth-order valence-electron chi connectivity index (χ4n) is 3.36. The zero-order chi connectivity index (χ0) is 20.4. The van der Waals surface area contributed by atoms with Crippen molar-refractivity contribution in [1.29, 1.82) is 0 Å². The van der Waals surface area contributed by atoms with Gasteiger partial charge in [0.2, 0.25) is 0 Å². The molecule has 0 bridgehead atoms. The van der Waals surface area contributed by atoms with Crippen LogP contribution >= 0.6 is 0 Å². The highest BCUT2D eigenvalue weighted by molar-refractivity contribution is 5.84. The molecule has 0 fully saturated rings. The monoisotopic (exact) mass is 387 g/mol. The van der Waals surface area contributed by atoms with Crippen molar-refractivity contribution in [3.8, 4) is 0 Å². The number of Topliss-reactive ketones (excluding diaryl/α,β-unsaturated/α-hetero) is 1. The number of ketones is 1. The van der Waals surface area contributed by atoms with Crippen LogP contribution in [0.25, 0.3) is 0 Å². The number of hydrogen-bond donors (Lipinski definition) is 0. The van der Waals surface area contributed by atoms with E-state index in [-0.39, 0.29) is 30.6 Å². The van der Waals surface area contributed by atoms with Gasteiger partial charge in [0.05, 0.1) is 19.6 Å². The molecule has 152 valence electrons. The van der Waals surface area contributed by atoms with Crippen molar-refractivity contribution in [2.45, 2.75) is 45.2 Å². The third-order valence-corrected chi connectivity index (χ3v) is 4.86. The minimum atomic E-state index is -0.476. The molecule has 0 amide bonds. The Morgan fingerprint density at radius 2 is 1.82 bits per heavy atom. The van der Waals surface area contributed by atoms with Crippen LogP contribution in [-0.2, 0) is 30.4 Å². The van der Waals surface area contributed by atoms with Crippen LogP contribution in [0.5, 0.6) is 0 Å². The molecule has 1 aromatic rings. The van der Waals surface area contributed by atoms with Gasteiger partial charge in [-0.15, -0.1) is 0 Å². The Balaban J connectivity index is 2.23. The van der Waals surface area contributed by atoms with Crippen molar-refractivity contribution in [1.82, 2.24) is 4.90 Å². The van der Waals surface area contributed by atoms with Crippen molar-refractivity contribution < 1.29 is 23.9 Å². The summed E-state index contributed by atoms with van der Waals surface area (Å²) in [4.78, 5) is 39.0. The predicted octanol–water partition coefficient (Wildman–Crippen LogP) is 2.91. The molecule has 1 aromatic carbocycles. The summed E-state index contributed by atoms with van der Waals surface area (Å²) in [6.45, 7) is 3.07. The second-order valence-electron chi connectivity index (χ2n) is 6.88. The molecular weight excluding hydrogens is 358 g/mol. The van der Waals surface area contributed by atoms with E-state index >= 15 is 0 Å². The van der Waals surface area contributed by atoms with E-state index in [1.807, 2.05) is 47.4 Å². The van der Waals surface area contributed by atoms with Crippen LogP contribution in [0.1, 0.15) is 38.2 Å². The van der Waals surface area contributed by atoms with Gasteiger partial charge in [0, 0.05) is 25.9 Å². The molecule has 2 rings (SSSR count). The van der Waals surface area contributed by atoms with Gasteiger partial charge in [-0.1, -0.05) is 42.5 Å². The fraction of sp³-hybridized carbons (Fsp3) is 0.500. The molecule has 1 aliphatic heterocycles. The molecule has 0 spiro atoms. The Hall–Kier alpha value is -2.47. The van der Waals surface area contributed by atoms with Gasteiger partial charge in [0.25, 0.3) is 0 Å². The molecule has 0 saturated heterocycles. The second kappa shape index (κ2) is 11.4. The quantitative estimate of drug-likeness (QED) is 0.571. The van der Waals surface area contributed by atoms with E-state index in [2.05, 4.69) is 0 Å². The Kier molecular flexibility index (Phi) is 8.88. The van der Waals surface area contributed by atoms with Gasteiger partial charge in [0.1, 0.15) is 11.8 Å². The normalized spacial score (nSPS) is 22.7. The number of ether oxygens (including phenoxy) is 2. The van der Waals surface area contributed by atoms with Crippen LogP contribution in [0.3, 0.4) is 0 Å². The maximum atomic E-state index is 12.6. The van der Waals surface area contributed by atoms with Gasteiger partial charge in [-0.05, 0) is 25.3 Å². The highest BCUT2D eigenvalue weighted by Gasteiger charge is 2.29. The van der Waals surface area contributed by atoms with Gasteiger partial charge < -0.3 is 9.47 Å². The average Bonchev–Trinajstić information content (AvgIpc) is 2.73. The van der Waals surface area contributed by atoms with E-state index in [1.54, 1.807) is 6.92 Å². The third-order valence-electron chi connectivity index (χ3n) is 4.86. The number of methoxy groups -OCH3 is 1. The molecule has 6 nitrogen and oxygen atoms in total. The number of hydrogen-bond acceptors (Lipinski definition) is 6. The van der Waals surface area contributed by atoms with E-state index in [0.29, 0.717) is 32.5 Å². The summed E-state index contributed by atoms with van der Waals surface area (Å²) in [7, 11) is 1.33. The number of rotatable bonds is 5. The molecule has 1 heterocycles. The van der Waals surface area contributed by atoms with Crippen molar-refractivity contribution >= 4 is 17.7 Å². The Morgan fingerprint density at radius 3 is 2.50 bits per heavy atom. The molecule has 0 aliphatic carbocycles. The number of benzene rings is 1. The smallest absolute Gasteiger partial charge is 0.323 e. The van der Waals surface area contributed by atoms with E-state index in [4.69, 9.17) is 9.47 Å². The lowest BCUT2D eigenvalue weighted by Gasteiger charge is -2.29. The van der Waals surface area contributed by atoms with Crippen molar-refractivity contribution in [3.63, 3.8) is 0 Å². The molecule has 1 aliphatic rings. The van der Waals surface area contributed by atoms with Gasteiger partial charge in [0.15, 0.2) is 0 Å². The largest absolute Gasteiger partial charge is 0.469 e. The van der Waals surface area contributed by atoms with Crippen LogP contribution in [0.4, 0.5) is 0 Å². The average molecular weight is 387 g/mol. The van der Waals surface area contributed by atoms with E-state index in [0.717, 1.165) is 5.56 Å². The zero-order valence-corrected chi connectivity index (χ0v) is 16.6. The van der Waals surface area contributed by atoms with Crippen molar-refractivity contribution in [2.24, 2.45) is 5.92 Å². The van der Waals surface area contributed by atoms with Crippen LogP contribution in [0, 0.1) is 5.92 Å². The fourth-order valence-corrected chi connectivity index (χ4v) is 3.36. The van der Waals surface area contributed by atoms with E-state index in [9.17, 15) is 14.4 Å². The summed E-state index contributed by atoms with van der Waals surface area (Å²) in [6, 6.07) is 9.37. The van der Waals surface area contributed by atoms with Crippen LogP contribution in [0.15, 0.2) is 42.5 Å². The summed E-state index contributed by atoms with van der Waals surface area (Å²) in [5.41, 5.74) is 1.07. The summed E-state index contributed by atoms with van der Waals surface area (Å²) < 4.78 is 10.1. The maximum Gasteiger partial charge on any atom is 0.323 e. The summed E-state index contributed by atoms with van der Waals surface area (Å²) in [5.74, 6) is -1.15. The lowest BCUT2D eigenvalue weighted by molar-refractivity contribution is -0.150. The van der Waals surface area contributed by atoms with E-state index < -0.39 is 12.0 Å². The zero-order valence-electron chi connectivity index (χ0n) is 16.6. The highest BCUT2D eigenvalue weighted by Crippen LogP contribution is 2.19. The Bertz CT molecular complexity index is 685. The molecule has 28 heavy (non-hydrogen) atoms. The summed E-state index contributed by atoms with van der Waals surface area (Å²) in [6.07, 6.45) is 5.06. The standard InChI is InChI=1S/C22H29NO5/c1-3-28-22(26)20-12-8-7-11-18(21(25)27-2)15-19(24)13-14-23(20)16-17-9-5-4-6-10-17/h4-10,18,20H,3,11-16H2,1-2H3/b8-7+. The molecule has 0 radical (unpaired) electrons. The molecular formula is C22H29NO5. The molecule has 0 N–H and O–H groups in total. The van der Waals surface area contributed by atoms with Crippen LogP contribution in [0.2, 0.25) is 0 Å². The number of nitrogens with zero attached hydrogens (tertiary/aromatic N) is 1. The Morgan fingerprint density at radius 1 is 1.11 bits per heavy atom. The minimum Gasteiger partial charge on any atom is -0.469 e. The Labute approximate surface area is 166 Å². The molecule has 0 aromatic heterocycles. The third kappa shape index (κ3) is 6.60. The second-order valence-corrected chi connectivity index (χ2v) is 6.88. The van der Waals surface area contributed by atoms with Crippen LogP contribution in [-0.4, -0.2) is 48.9 Å². The molecule has 2 unspecified atom stereocenters.